The third kappa shape index (κ3) is 4.01. The van der Waals surface area contributed by atoms with E-state index in [0.29, 0.717) is 0 Å². The van der Waals surface area contributed by atoms with Crippen molar-refractivity contribution in [3.8, 4) is 0 Å². The Morgan fingerprint density at radius 3 is 2.27 bits per heavy atom. The van der Waals surface area contributed by atoms with Crippen LogP contribution in [-0.2, 0) is 23.9 Å². The first-order chi connectivity index (χ1) is 12.1. The van der Waals surface area contributed by atoms with Crippen LogP contribution in [0.1, 0.15) is 33.6 Å². The summed E-state index contributed by atoms with van der Waals surface area (Å²) in [5.74, 6) is -3.97. The molecule has 1 rings (SSSR count). The fraction of sp³-hybridized carbons (Fsp3) is 0.688. The molecule has 10 heteroatoms. The second kappa shape index (κ2) is 8.26. The third-order valence-electron chi connectivity index (χ3n) is 4.48. The number of nitro groups is 1. The van der Waals surface area contributed by atoms with Gasteiger partial charge in [-0.15, -0.1) is 0 Å². The van der Waals surface area contributed by atoms with Crippen molar-refractivity contribution in [1.29, 1.82) is 0 Å². The lowest BCUT2D eigenvalue weighted by Crippen LogP contribution is -2.58. The fourth-order valence-corrected chi connectivity index (χ4v) is 3.18. The van der Waals surface area contributed by atoms with Crippen molar-refractivity contribution in [2.75, 3.05) is 13.2 Å². The lowest BCUT2D eigenvalue weighted by atomic mass is 9.62. The number of esters is 1. The van der Waals surface area contributed by atoms with Gasteiger partial charge in [0.15, 0.2) is 6.10 Å². The van der Waals surface area contributed by atoms with E-state index in [1.165, 1.54) is 32.9 Å². The summed E-state index contributed by atoms with van der Waals surface area (Å²) < 4.78 is 10.1. The topological polar surface area (TPSA) is 153 Å². The molecule has 1 aliphatic rings. The lowest BCUT2D eigenvalue weighted by molar-refractivity contribution is -0.526. The Bertz CT molecular complexity index is 617. The summed E-state index contributed by atoms with van der Waals surface area (Å²) in [6.07, 6.45) is 0.402. The molecule has 0 aromatic heterocycles. The summed E-state index contributed by atoms with van der Waals surface area (Å²) in [7, 11) is 0. The highest BCUT2D eigenvalue weighted by atomic mass is 16.6. The maximum absolute atomic E-state index is 12.1. The molecule has 0 amide bonds. The third-order valence-corrected chi connectivity index (χ3v) is 4.48. The molecule has 0 bridgehead atoms. The molecular weight excluding hydrogens is 350 g/mol. The smallest absolute Gasteiger partial charge is 0.384 e. The van der Waals surface area contributed by atoms with Gasteiger partial charge in [0.25, 0.3) is 0 Å². The predicted molar refractivity (Wildman–Crippen MR) is 87.0 cm³/mol. The van der Waals surface area contributed by atoms with Gasteiger partial charge in [-0.2, -0.15) is 0 Å². The van der Waals surface area contributed by atoms with Crippen LogP contribution in [0.25, 0.3) is 0 Å². The number of carbonyl (C=O) groups excluding carboxylic acids is 1. The van der Waals surface area contributed by atoms with Crippen molar-refractivity contribution in [2.24, 2.45) is 10.8 Å². The number of aliphatic carboxylic acids is 2. The van der Waals surface area contributed by atoms with E-state index in [1.54, 1.807) is 0 Å². The van der Waals surface area contributed by atoms with Gasteiger partial charge >= 0.3 is 23.9 Å². The number of ether oxygens (including phenoxy) is 2. The van der Waals surface area contributed by atoms with E-state index in [2.05, 4.69) is 0 Å². The number of carbonyl (C=O) groups is 3. The molecule has 0 spiro atoms. The second-order valence-electron chi connectivity index (χ2n) is 6.35. The summed E-state index contributed by atoms with van der Waals surface area (Å²) in [6, 6.07) is -2.10. The Hall–Kier alpha value is -2.49. The van der Waals surface area contributed by atoms with Crippen LogP contribution in [0.4, 0.5) is 0 Å². The quantitative estimate of drug-likeness (QED) is 0.262. The van der Waals surface area contributed by atoms with Crippen LogP contribution in [0.5, 0.6) is 0 Å². The maximum atomic E-state index is 12.1. The fourth-order valence-electron chi connectivity index (χ4n) is 3.18. The number of rotatable bonds is 9. The number of hydrogen-bond donors (Lipinski definition) is 2. The molecule has 0 saturated carbocycles. The predicted octanol–water partition coefficient (Wildman–Crippen LogP) is 1.11. The summed E-state index contributed by atoms with van der Waals surface area (Å²) >= 11 is 0. The normalized spacial score (nSPS) is 27.3. The summed E-state index contributed by atoms with van der Waals surface area (Å²) in [5, 5.41) is 30.8. The molecule has 0 aliphatic heterocycles. The van der Waals surface area contributed by atoms with E-state index in [0.717, 1.165) is 0 Å². The van der Waals surface area contributed by atoms with Crippen molar-refractivity contribution in [2.45, 2.75) is 45.8 Å². The highest BCUT2D eigenvalue weighted by molar-refractivity contribution is 5.84. The Morgan fingerprint density at radius 1 is 1.23 bits per heavy atom. The Kier molecular flexibility index (Phi) is 6.85. The molecule has 26 heavy (non-hydrogen) atoms. The molecule has 1 aliphatic carbocycles. The van der Waals surface area contributed by atoms with Crippen LogP contribution < -0.4 is 0 Å². The van der Waals surface area contributed by atoms with Crippen molar-refractivity contribution < 1.29 is 39.0 Å². The highest BCUT2D eigenvalue weighted by Crippen LogP contribution is 2.47. The molecule has 0 saturated heterocycles. The van der Waals surface area contributed by atoms with Gasteiger partial charge < -0.3 is 19.7 Å². The van der Waals surface area contributed by atoms with Crippen LogP contribution in [0, 0.1) is 20.9 Å². The van der Waals surface area contributed by atoms with Crippen molar-refractivity contribution >= 4 is 17.9 Å². The first-order valence-corrected chi connectivity index (χ1v) is 8.12. The van der Waals surface area contributed by atoms with Gasteiger partial charge in [-0.05, 0) is 33.6 Å². The zero-order valence-corrected chi connectivity index (χ0v) is 14.8. The van der Waals surface area contributed by atoms with Gasteiger partial charge in [-0.25, -0.2) is 4.79 Å². The Balaban J connectivity index is 3.53. The molecule has 0 aromatic carbocycles. The Morgan fingerprint density at radius 2 is 1.85 bits per heavy atom. The standard InChI is InChI=1S/C16H23NO9/c1-4-25-11(10(17(23)24)12(18)26-5-2)16(14(21)22)8-6-7-15(3,9-16)13(19)20/h6,8,10-11H,4-5,7,9H2,1-3H3,(H,19,20)(H,21,22). The molecule has 0 aromatic rings. The van der Waals surface area contributed by atoms with Crippen molar-refractivity contribution in [1.82, 2.24) is 0 Å². The average Bonchev–Trinajstić information content (AvgIpc) is 2.54. The van der Waals surface area contributed by atoms with Crippen LogP contribution in [0.3, 0.4) is 0 Å². The first kappa shape index (κ1) is 21.6. The number of hydrogen-bond acceptors (Lipinski definition) is 7. The number of carboxylic acids is 2. The van der Waals surface area contributed by atoms with E-state index in [1.807, 2.05) is 0 Å². The van der Waals surface area contributed by atoms with Gasteiger partial charge in [0, 0.05) is 11.5 Å². The largest absolute Gasteiger partial charge is 0.481 e. The van der Waals surface area contributed by atoms with E-state index in [9.17, 15) is 34.7 Å². The van der Waals surface area contributed by atoms with E-state index >= 15 is 0 Å². The summed E-state index contributed by atoms with van der Waals surface area (Å²) in [4.78, 5) is 46.4. The molecule has 0 fully saturated rings. The maximum Gasteiger partial charge on any atom is 0.384 e. The van der Waals surface area contributed by atoms with Gasteiger partial charge in [0.2, 0.25) is 0 Å². The summed E-state index contributed by atoms with van der Waals surface area (Å²) in [6.45, 7) is 4.06. The number of carboxylic acid groups (broad SMARTS) is 2. The molecule has 4 unspecified atom stereocenters. The lowest BCUT2D eigenvalue weighted by Gasteiger charge is -2.42. The first-order valence-electron chi connectivity index (χ1n) is 8.12. The monoisotopic (exact) mass is 373 g/mol. The highest BCUT2D eigenvalue weighted by Gasteiger charge is 2.60. The van der Waals surface area contributed by atoms with Crippen LogP contribution in [0.2, 0.25) is 0 Å². The van der Waals surface area contributed by atoms with Gasteiger partial charge in [-0.3, -0.25) is 19.7 Å². The van der Waals surface area contributed by atoms with Crippen LogP contribution in [0.15, 0.2) is 12.2 Å². The van der Waals surface area contributed by atoms with Gasteiger partial charge in [0.1, 0.15) is 5.41 Å². The molecular formula is C16H23NO9. The molecule has 146 valence electrons. The Labute approximate surface area is 149 Å². The van der Waals surface area contributed by atoms with Crippen molar-refractivity contribution in [3.63, 3.8) is 0 Å². The number of nitrogens with zero attached hydrogens (tertiary/aromatic N) is 1. The van der Waals surface area contributed by atoms with E-state index < -0.39 is 52.2 Å². The minimum absolute atomic E-state index is 0.0543. The molecule has 0 radical (unpaired) electrons. The van der Waals surface area contributed by atoms with E-state index in [4.69, 9.17) is 9.47 Å². The molecule has 10 nitrogen and oxygen atoms in total. The minimum atomic E-state index is -2.10. The second-order valence-corrected chi connectivity index (χ2v) is 6.35. The molecule has 4 atom stereocenters. The minimum Gasteiger partial charge on any atom is -0.481 e. The summed E-state index contributed by atoms with van der Waals surface area (Å²) in [5.41, 5.74) is -3.54. The average molecular weight is 373 g/mol. The van der Waals surface area contributed by atoms with Crippen molar-refractivity contribution in [3.05, 3.63) is 22.3 Å². The van der Waals surface area contributed by atoms with Gasteiger partial charge in [0.05, 0.1) is 12.0 Å². The molecule has 2 N–H and O–H groups in total. The SMILES string of the molecule is CCOC(=O)C(C(OCC)C1(C(=O)O)C=CCC(C)(C(=O)O)C1)[N+](=O)[O-]. The zero-order chi connectivity index (χ0) is 20.1. The molecule has 0 heterocycles. The van der Waals surface area contributed by atoms with Crippen LogP contribution >= 0.6 is 0 Å². The van der Waals surface area contributed by atoms with E-state index in [-0.39, 0.29) is 19.6 Å². The van der Waals surface area contributed by atoms with Crippen LogP contribution in [-0.4, -0.2) is 58.4 Å². The number of allylic oxidation sites excluding steroid dienone is 1. The van der Waals surface area contributed by atoms with Gasteiger partial charge in [-0.1, -0.05) is 12.2 Å². The zero-order valence-electron chi connectivity index (χ0n) is 14.8.